The minimum Gasteiger partial charge on any atom is -0.391 e. The van der Waals surface area contributed by atoms with E-state index in [1.165, 1.54) is 36.9 Å². The first-order valence-electron chi connectivity index (χ1n) is 9.45. The Labute approximate surface area is 165 Å². The Balaban J connectivity index is 1.66. The van der Waals surface area contributed by atoms with E-state index in [4.69, 9.17) is 4.74 Å². The van der Waals surface area contributed by atoms with Crippen molar-refractivity contribution in [1.29, 1.82) is 5.26 Å². The molecule has 3 rings (SSSR count). The third-order valence-corrected chi connectivity index (χ3v) is 6.13. The maximum absolute atomic E-state index is 9.87. The number of allylic oxidation sites excluding steroid dienone is 2. The predicted molar refractivity (Wildman–Crippen MR) is 108 cm³/mol. The van der Waals surface area contributed by atoms with E-state index in [1.54, 1.807) is 0 Å². The Bertz CT molecular complexity index is 695. The first-order valence-corrected chi connectivity index (χ1v) is 10.3. The highest BCUT2D eigenvalue weighted by Gasteiger charge is 2.29. The van der Waals surface area contributed by atoms with Gasteiger partial charge in [-0.15, -0.1) is 0 Å². The standard InChI is InChI=1S/C20H27N3O3S/c1-14(15-5-7-16(8-6-15)23-9-3-2-4-10-23)19(12-21)27-22-18-11-17(24)13-26-20(18)25/h5-8,17-18,20,22,24-25H,2-4,9-11,13H2,1H3/b19-14+. The van der Waals surface area contributed by atoms with Crippen LogP contribution in [0.3, 0.4) is 0 Å². The lowest BCUT2D eigenvalue weighted by atomic mass is 10.1. The Kier molecular flexibility index (Phi) is 7.16. The molecule has 6 nitrogen and oxygen atoms in total. The molecule has 1 aromatic rings. The van der Waals surface area contributed by atoms with Crippen molar-refractivity contribution in [3.63, 3.8) is 0 Å². The third-order valence-electron chi connectivity index (χ3n) is 5.11. The SMILES string of the molecule is C/C(=C(/C#N)SNC1CC(O)COC1O)c1ccc(N2CCCCC2)cc1. The van der Waals surface area contributed by atoms with E-state index >= 15 is 0 Å². The van der Waals surface area contributed by atoms with Gasteiger partial charge in [0.15, 0.2) is 6.29 Å². The Hall–Kier alpha value is -1.56. The lowest BCUT2D eigenvalue weighted by molar-refractivity contribution is -0.168. The van der Waals surface area contributed by atoms with Crippen LogP contribution in [0, 0.1) is 11.3 Å². The van der Waals surface area contributed by atoms with Crippen molar-refractivity contribution in [3.05, 3.63) is 34.7 Å². The van der Waals surface area contributed by atoms with Crippen molar-refractivity contribution in [2.45, 2.75) is 51.0 Å². The number of aliphatic hydroxyl groups excluding tert-OH is 2. The molecule has 1 aromatic carbocycles. The highest BCUT2D eigenvalue weighted by Crippen LogP contribution is 2.28. The average molecular weight is 390 g/mol. The fraction of sp³-hybridized carbons (Fsp3) is 0.550. The molecular weight excluding hydrogens is 362 g/mol. The highest BCUT2D eigenvalue weighted by molar-refractivity contribution is 8.01. The van der Waals surface area contributed by atoms with E-state index in [-0.39, 0.29) is 6.61 Å². The maximum atomic E-state index is 9.87. The van der Waals surface area contributed by atoms with Crippen LogP contribution in [0.25, 0.3) is 5.57 Å². The fourth-order valence-electron chi connectivity index (χ4n) is 3.43. The molecule has 2 fully saturated rings. The monoisotopic (exact) mass is 389 g/mol. The lowest BCUT2D eigenvalue weighted by Gasteiger charge is -2.31. The van der Waals surface area contributed by atoms with Gasteiger partial charge in [-0.2, -0.15) is 5.26 Å². The summed E-state index contributed by atoms with van der Waals surface area (Å²) in [7, 11) is 0. The third kappa shape index (κ3) is 5.24. The Morgan fingerprint density at radius 1 is 1.22 bits per heavy atom. The van der Waals surface area contributed by atoms with E-state index < -0.39 is 18.4 Å². The Morgan fingerprint density at radius 2 is 1.93 bits per heavy atom. The number of nitriles is 1. The molecule has 3 N–H and O–H groups in total. The number of aliphatic hydroxyl groups is 2. The number of benzene rings is 1. The van der Waals surface area contributed by atoms with Crippen molar-refractivity contribution in [3.8, 4) is 6.07 Å². The summed E-state index contributed by atoms with van der Waals surface area (Å²) in [6.07, 6.45) is 2.59. The number of hydrogen-bond acceptors (Lipinski definition) is 7. The van der Waals surface area contributed by atoms with Crippen LogP contribution in [0.2, 0.25) is 0 Å². The summed E-state index contributed by atoms with van der Waals surface area (Å²) in [5.74, 6) is 0. The quantitative estimate of drug-likeness (QED) is 0.527. The van der Waals surface area contributed by atoms with Crippen molar-refractivity contribution >= 4 is 23.2 Å². The van der Waals surface area contributed by atoms with Gasteiger partial charge in [0.25, 0.3) is 0 Å². The first kappa shape index (κ1) is 20.2. The van der Waals surface area contributed by atoms with Gasteiger partial charge in [-0.1, -0.05) is 12.1 Å². The minimum atomic E-state index is -0.982. The summed E-state index contributed by atoms with van der Waals surface area (Å²) in [5, 5.41) is 29.1. The van der Waals surface area contributed by atoms with Gasteiger partial charge < -0.3 is 19.8 Å². The molecule has 0 saturated carbocycles. The largest absolute Gasteiger partial charge is 0.391 e. The van der Waals surface area contributed by atoms with Gasteiger partial charge in [0.2, 0.25) is 0 Å². The van der Waals surface area contributed by atoms with Gasteiger partial charge in [-0.3, -0.25) is 4.72 Å². The van der Waals surface area contributed by atoms with Crippen LogP contribution >= 0.6 is 11.9 Å². The molecule has 0 radical (unpaired) electrons. The minimum absolute atomic E-state index is 0.132. The summed E-state index contributed by atoms with van der Waals surface area (Å²) in [5.41, 5.74) is 3.11. The van der Waals surface area contributed by atoms with Gasteiger partial charge >= 0.3 is 0 Å². The van der Waals surface area contributed by atoms with Crippen LogP contribution in [0.1, 0.15) is 38.2 Å². The molecule has 27 heavy (non-hydrogen) atoms. The number of nitrogens with one attached hydrogen (secondary N) is 1. The summed E-state index contributed by atoms with van der Waals surface area (Å²) >= 11 is 1.18. The molecule has 3 atom stereocenters. The van der Waals surface area contributed by atoms with Crippen LogP contribution in [-0.2, 0) is 4.74 Å². The number of anilines is 1. The van der Waals surface area contributed by atoms with Crippen LogP contribution < -0.4 is 9.62 Å². The second kappa shape index (κ2) is 9.58. The zero-order valence-corrected chi connectivity index (χ0v) is 16.4. The van der Waals surface area contributed by atoms with Gasteiger partial charge in [0, 0.05) is 18.8 Å². The molecule has 2 saturated heterocycles. The predicted octanol–water partition coefficient (Wildman–Crippen LogP) is 2.64. The molecule has 3 unspecified atom stereocenters. The van der Waals surface area contributed by atoms with Crippen LogP contribution in [0.4, 0.5) is 5.69 Å². The maximum Gasteiger partial charge on any atom is 0.171 e. The van der Waals surface area contributed by atoms with Crippen molar-refractivity contribution in [2.75, 3.05) is 24.6 Å². The molecule has 0 bridgehead atoms. The smallest absolute Gasteiger partial charge is 0.171 e. The zero-order chi connectivity index (χ0) is 19.2. The molecule has 2 heterocycles. The molecule has 0 aromatic heterocycles. The van der Waals surface area contributed by atoms with Gasteiger partial charge in [0.05, 0.1) is 18.8 Å². The van der Waals surface area contributed by atoms with Gasteiger partial charge in [-0.05, 0) is 67.8 Å². The number of nitrogens with zero attached hydrogens (tertiary/aromatic N) is 2. The fourth-order valence-corrected chi connectivity index (χ4v) is 4.23. The molecule has 0 amide bonds. The van der Waals surface area contributed by atoms with Gasteiger partial charge in [-0.25, -0.2) is 0 Å². The first-order chi connectivity index (χ1) is 13.1. The van der Waals surface area contributed by atoms with Crippen molar-refractivity contribution < 1.29 is 14.9 Å². The topological polar surface area (TPSA) is 88.8 Å². The summed E-state index contributed by atoms with van der Waals surface area (Å²) in [6.45, 7) is 4.27. The molecular formula is C20H27N3O3S. The summed E-state index contributed by atoms with van der Waals surface area (Å²) in [6, 6.07) is 10.2. The highest BCUT2D eigenvalue weighted by atomic mass is 32.2. The van der Waals surface area contributed by atoms with Crippen LogP contribution in [-0.4, -0.2) is 48.3 Å². The normalized spacial score (nSPS) is 27.0. The number of rotatable bonds is 5. The van der Waals surface area contributed by atoms with E-state index in [0.717, 1.165) is 24.2 Å². The van der Waals surface area contributed by atoms with Crippen LogP contribution in [0.5, 0.6) is 0 Å². The van der Waals surface area contributed by atoms with E-state index in [1.807, 2.05) is 6.92 Å². The number of hydrogen-bond donors (Lipinski definition) is 3. The molecule has 0 spiro atoms. The molecule has 146 valence electrons. The van der Waals surface area contributed by atoms with Crippen LogP contribution in [0.15, 0.2) is 29.2 Å². The summed E-state index contributed by atoms with van der Waals surface area (Å²) < 4.78 is 8.17. The Morgan fingerprint density at radius 3 is 2.59 bits per heavy atom. The van der Waals surface area contributed by atoms with Gasteiger partial charge in [0.1, 0.15) is 11.0 Å². The lowest BCUT2D eigenvalue weighted by Crippen LogP contribution is -2.46. The van der Waals surface area contributed by atoms with E-state index in [2.05, 4.69) is 40.0 Å². The van der Waals surface area contributed by atoms with E-state index in [0.29, 0.717) is 11.3 Å². The number of ether oxygens (including phenoxy) is 1. The molecule has 2 aliphatic heterocycles. The molecule has 0 aliphatic carbocycles. The zero-order valence-electron chi connectivity index (χ0n) is 15.6. The second-order valence-corrected chi connectivity index (χ2v) is 7.95. The molecule has 7 heteroatoms. The van der Waals surface area contributed by atoms with E-state index in [9.17, 15) is 15.5 Å². The summed E-state index contributed by atoms with van der Waals surface area (Å²) in [4.78, 5) is 2.94. The van der Waals surface area contributed by atoms with Crippen molar-refractivity contribution in [1.82, 2.24) is 4.72 Å². The number of piperidine rings is 1. The second-order valence-electron chi connectivity index (χ2n) is 7.10. The average Bonchev–Trinajstić information content (AvgIpc) is 2.71. The molecule has 2 aliphatic rings. The van der Waals surface area contributed by atoms with Crippen molar-refractivity contribution in [2.24, 2.45) is 0 Å².